The van der Waals surface area contributed by atoms with Crippen molar-refractivity contribution in [2.75, 3.05) is 24.5 Å². The van der Waals surface area contributed by atoms with Gasteiger partial charge < -0.3 is 15.0 Å². The normalized spacial score (nSPS) is 11.8. The lowest BCUT2D eigenvalue weighted by molar-refractivity contribution is -0.140. The lowest BCUT2D eigenvalue weighted by Gasteiger charge is -2.33. The van der Waals surface area contributed by atoms with Crippen LogP contribution < -0.4 is 14.4 Å². The highest BCUT2D eigenvalue weighted by Crippen LogP contribution is 2.27. The number of ether oxygens (including phenoxy) is 1. The highest BCUT2D eigenvalue weighted by molar-refractivity contribution is 9.10. The Morgan fingerprint density at radius 2 is 1.44 bits per heavy atom. The van der Waals surface area contributed by atoms with Gasteiger partial charge in [-0.05, 0) is 66.6 Å². The van der Waals surface area contributed by atoms with E-state index >= 15 is 0 Å². The Bertz CT molecular complexity index is 1600. The summed E-state index contributed by atoms with van der Waals surface area (Å²) in [4.78, 5) is 29.4. The fraction of sp³-hybridized carbons (Fsp3) is 0.212. The molecule has 0 aliphatic rings. The predicted molar refractivity (Wildman–Crippen MR) is 171 cm³/mol. The molecule has 0 aliphatic heterocycles. The maximum absolute atomic E-state index is 14.3. The zero-order chi connectivity index (χ0) is 30.8. The van der Waals surface area contributed by atoms with E-state index < -0.39 is 28.5 Å². The third kappa shape index (κ3) is 8.24. The van der Waals surface area contributed by atoms with Crippen molar-refractivity contribution in [1.82, 2.24) is 10.2 Å². The Kier molecular flexibility index (Phi) is 11.0. The molecule has 0 saturated heterocycles. The van der Waals surface area contributed by atoms with Gasteiger partial charge in [-0.25, -0.2) is 8.42 Å². The molecule has 4 aromatic rings. The van der Waals surface area contributed by atoms with Gasteiger partial charge in [0.05, 0.1) is 17.7 Å². The van der Waals surface area contributed by atoms with Gasteiger partial charge in [0.15, 0.2) is 0 Å². The topological polar surface area (TPSA) is 96.0 Å². The van der Waals surface area contributed by atoms with Gasteiger partial charge in [0, 0.05) is 24.0 Å². The first-order chi connectivity index (χ1) is 20.7. The molecule has 0 bridgehead atoms. The molecule has 8 nitrogen and oxygen atoms in total. The third-order valence-electron chi connectivity index (χ3n) is 6.86. The van der Waals surface area contributed by atoms with Gasteiger partial charge in [0.25, 0.3) is 10.0 Å². The van der Waals surface area contributed by atoms with Crippen LogP contribution in [0.25, 0.3) is 0 Å². The first-order valence-corrected chi connectivity index (χ1v) is 16.0. The van der Waals surface area contributed by atoms with Gasteiger partial charge in [-0.15, -0.1) is 0 Å². The second-order valence-corrected chi connectivity index (χ2v) is 12.5. The number of hydrogen-bond acceptors (Lipinski definition) is 5. The van der Waals surface area contributed by atoms with Crippen LogP contribution in [0.2, 0.25) is 0 Å². The smallest absolute Gasteiger partial charge is 0.264 e. The lowest BCUT2D eigenvalue weighted by atomic mass is 10.0. The Morgan fingerprint density at radius 1 is 0.837 bits per heavy atom. The van der Waals surface area contributed by atoms with E-state index in [-0.39, 0.29) is 23.8 Å². The fourth-order valence-corrected chi connectivity index (χ4v) is 6.33. The molecular weight excluding hydrogens is 630 g/mol. The maximum atomic E-state index is 14.3. The van der Waals surface area contributed by atoms with Gasteiger partial charge in [-0.1, -0.05) is 76.6 Å². The molecule has 0 unspecified atom stereocenters. The second-order valence-electron chi connectivity index (χ2n) is 9.77. The number of hydrogen-bond donors (Lipinski definition) is 1. The number of rotatable bonds is 13. The van der Waals surface area contributed by atoms with Crippen molar-refractivity contribution in [3.63, 3.8) is 0 Å². The van der Waals surface area contributed by atoms with Gasteiger partial charge in [0.2, 0.25) is 11.8 Å². The van der Waals surface area contributed by atoms with Crippen molar-refractivity contribution < 1.29 is 22.7 Å². The summed E-state index contributed by atoms with van der Waals surface area (Å²) >= 11 is 3.44. The average Bonchev–Trinajstić information content (AvgIpc) is 3.03. The first kappa shape index (κ1) is 31.8. The van der Waals surface area contributed by atoms with Gasteiger partial charge in [-0.2, -0.15) is 0 Å². The van der Waals surface area contributed by atoms with Gasteiger partial charge in [-0.3, -0.25) is 13.9 Å². The number of sulfonamides is 1. The number of benzene rings is 4. The van der Waals surface area contributed by atoms with Crippen LogP contribution in [0.3, 0.4) is 0 Å². The number of carbonyl (C=O) groups excluding carboxylic acids is 2. The number of nitrogens with zero attached hydrogens (tertiary/aromatic N) is 2. The zero-order valence-electron chi connectivity index (χ0n) is 24.0. The summed E-state index contributed by atoms with van der Waals surface area (Å²) in [6, 6.07) is 30.4. The van der Waals surface area contributed by atoms with Crippen molar-refractivity contribution in [3.05, 3.63) is 125 Å². The molecule has 0 saturated carbocycles. The van der Waals surface area contributed by atoms with Crippen LogP contribution in [0.1, 0.15) is 18.1 Å². The molecule has 1 atom stereocenters. The molecule has 0 fully saturated rings. The van der Waals surface area contributed by atoms with E-state index in [0.29, 0.717) is 18.0 Å². The SMILES string of the molecule is CCNC(=O)[C@H](Cc1ccccc1)N(Cc1ccc(Br)cc1)C(=O)CN(c1ccc(OC)cc1)S(=O)(=O)c1ccccc1. The highest BCUT2D eigenvalue weighted by Gasteiger charge is 2.34. The first-order valence-electron chi connectivity index (χ1n) is 13.8. The number of halogens is 1. The molecular formula is C33H34BrN3O5S. The quantitative estimate of drug-likeness (QED) is 0.206. The summed E-state index contributed by atoms with van der Waals surface area (Å²) in [5.41, 5.74) is 1.95. The Morgan fingerprint density at radius 3 is 2.02 bits per heavy atom. The molecule has 4 aromatic carbocycles. The largest absolute Gasteiger partial charge is 0.497 e. The van der Waals surface area contributed by atoms with Crippen molar-refractivity contribution in [2.24, 2.45) is 0 Å². The number of nitrogens with one attached hydrogen (secondary N) is 1. The fourth-order valence-electron chi connectivity index (χ4n) is 4.63. The summed E-state index contributed by atoms with van der Waals surface area (Å²) < 4.78 is 35.2. The molecule has 224 valence electrons. The minimum absolute atomic E-state index is 0.0441. The monoisotopic (exact) mass is 663 g/mol. The minimum Gasteiger partial charge on any atom is -0.497 e. The van der Waals surface area contributed by atoms with E-state index in [9.17, 15) is 18.0 Å². The summed E-state index contributed by atoms with van der Waals surface area (Å²) in [6.07, 6.45) is 0.253. The zero-order valence-corrected chi connectivity index (χ0v) is 26.4. The van der Waals surface area contributed by atoms with E-state index in [1.54, 1.807) is 42.5 Å². The summed E-state index contributed by atoms with van der Waals surface area (Å²) in [6.45, 7) is 1.77. The molecule has 0 aliphatic carbocycles. The molecule has 0 heterocycles. The van der Waals surface area contributed by atoms with E-state index in [1.165, 1.54) is 24.1 Å². The van der Waals surface area contributed by atoms with E-state index in [0.717, 1.165) is 19.9 Å². The number of amides is 2. The Hall–Kier alpha value is -4.15. The molecule has 2 amide bonds. The Balaban J connectivity index is 1.78. The van der Waals surface area contributed by atoms with Crippen LogP contribution in [0, 0.1) is 0 Å². The van der Waals surface area contributed by atoms with E-state index in [4.69, 9.17) is 4.74 Å². The lowest BCUT2D eigenvalue weighted by Crippen LogP contribution is -2.53. The number of anilines is 1. The average molecular weight is 665 g/mol. The predicted octanol–water partition coefficient (Wildman–Crippen LogP) is 5.43. The van der Waals surface area contributed by atoms with Crippen molar-refractivity contribution >= 4 is 43.5 Å². The molecule has 4 rings (SSSR count). The molecule has 10 heteroatoms. The van der Waals surface area contributed by atoms with E-state index in [2.05, 4.69) is 21.2 Å². The van der Waals surface area contributed by atoms with Crippen molar-refractivity contribution in [3.8, 4) is 5.75 Å². The Labute approximate surface area is 261 Å². The van der Waals surface area contributed by atoms with Crippen molar-refractivity contribution in [1.29, 1.82) is 0 Å². The molecule has 0 radical (unpaired) electrons. The van der Waals surface area contributed by atoms with Gasteiger partial charge in [0.1, 0.15) is 18.3 Å². The summed E-state index contributed by atoms with van der Waals surface area (Å²) in [5.74, 6) is -0.299. The second kappa shape index (κ2) is 14.8. The number of likely N-dealkylation sites (N-methyl/N-ethyl adjacent to an activating group) is 1. The van der Waals surface area contributed by atoms with E-state index in [1.807, 2.05) is 61.5 Å². The highest BCUT2D eigenvalue weighted by atomic mass is 79.9. The number of carbonyl (C=O) groups is 2. The minimum atomic E-state index is -4.16. The summed E-state index contributed by atoms with van der Waals surface area (Å²) in [7, 11) is -2.64. The molecule has 1 N–H and O–H groups in total. The standard InChI is InChI=1S/C33H34BrN3O5S/c1-3-35-33(39)31(22-25-10-6-4-7-11-25)36(23-26-14-16-27(34)17-15-26)32(38)24-37(28-18-20-29(42-2)21-19-28)43(40,41)30-12-8-5-9-13-30/h4-21,31H,3,22-24H2,1-2H3,(H,35,39)/t31-/m0/s1. The maximum Gasteiger partial charge on any atom is 0.264 e. The van der Waals surface area contributed by atoms with Crippen LogP contribution in [0.5, 0.6) is 5.75 Å². The molecule has 0 spiro atoms. The van der Waals surface area contributed by atoms with Crippen molar-refractivity contribution in [2.45, 2.75) is 30.8 Å². The van der Waals surface area contributed by atoms with Crippen LogP contribution in [0.4, 0.5) is 5.69 Å². The van der Waals surface area contributed by atoms with Crippen LogP contribution in [0.15, 0.2) is 119 Å². The van der Waals surface area contributed by atoms with Crippen LogP contribution in [-0.2, 0) is 32.6 Å². The molecule has 43 heavy (non-hydrogen) atoms. The third-order valence-corrected chi connectivity index (χ3v) is 9.18. The van der Waals surface area contributed by atoms with Crippen LogP contribution >= 0.6 is 15.9 Å². The molecule has 0 aromatic heterocycles. The number of methoxy groups -OCH3 is 1. The van der Waals surface area contributed by atoms with Crippen LogP contribution in [-0.4, -0.2) is 51.4 Å². The van der Waals surface area contributed by atoms with Gasteiger partial charge >= 0.3 is 0 Å². The summed E-state index contributed by atoms with van der Waals surface area (Å²) in [5, 5.41) is 2.86.